The van der Waals surface area contributed by atoms with Gasteiger partial charge >= 0.3 is 6.09 Å². The molecule has 3 heterocycles. The molecule has 1 aliphatic heterocycles. The van der Waals surface area contributed by atoms with Crippen LogP contribution in [0.25, 0.3) is 11.2 Å². The number of methoxy groups -OCH3 is 1. The standard InChI is InChI=1S/C23H27N5O4/c1-15-13-18(20-21(24-15)28-10-5-3-4-9-19(28)27-20)22(29)25-16-7-6-8-17(14-16)26-23(30)32-12-11-31-2/h6-8,13-14H,3-5,9-12H2,1-2H3,(H,25,29)(H,26,30). The van der Waals surface area contributed by atoms with E-state index in [1.807, 2.05) is 6.92 Å². The Morgan fingerprint density at radius 1 is 1.06 bits per heavy atom. The number of ether oxygens (including phenoxy) is 2. The van der Waals surface area contributed by atoms with Crippen molar-refractivity contribution < 1.29 is 19.1 Å². The molecular formula is C23H27N5O4. The SMILES string of the molecule is COCCOC(=O)Nc1cccc(NC(=O)c2cc(C)nc3c2nc2n3CCCCC2)c1. The molecule has 2 aromatic heterocycles. The molecule has 4 rings (SSSR count). The van der Waals surface area contributed by atoms with Gasteiger partial charge in [-0.25, -0.2) is 14.8 Å². The van der Waals surface area contributed by atoms with E-state index in [1.54, 1.807) is 30.3 Å². The number of nitrogens with zero attached hydrogens (tertiary/aromatic N) is 3. The molecule has 0 radical (unpaired) electrons. The highest BCUT2D eigenvalue weighted by Gasteiger charge is 2.21. The fourth-order valence-electron chi connectivity index (χ4n) is 3.83. The first-order valence-corrected chi connectivity index (χ1v) is 10.8. The molecule has 9 nitrogen and oxygen atoms in total. The van der Waals surface area contributed by atoms with Gasteiger partial charge in [0.2, 0.25) is 0 Å². The number of amides is 2. The van der Waals surface area contributed by atoms with Gasteiger partial charge in [-0.15, -0.1) is 0 Å². The second-order valence-corrected chi connectivity index (χ2v) is 7.76. The molecule has 2 N–H and O–H groups in total. The topological polar surface area (TPSA) is 107 Å². The summed E-state index contributed by atoms with van der Waals surface area (Å²) in [6.07, 6.45) is 3.66. The summed E-state index contributed by atoms with van der Waals surface area (Å²) < 4.78 is 12.0. The van der Waals surface area contributed by atoms with E-state index in [0.29, 0.717) is 29.1 Å². The Bertz CT molecular complexity index is 1140. The number of carbonyl (C=O) groups excluding carboxylic acids is 2. The minimum absolute atomic E-state index is 0.158. The van der Waals surface area contributed by atoms with Crippen LogP contribution < -0.4 is 10.6 Å². The molecule has 168 valence electrons. The number of hydrogen-bond acceptors (Lipinski definition) is 6. The third-order valence-corrected chi connectivity index (χ3v) is 5.32. The molecular weight excluding hydrogens is 410 g/mol. The molecule has 0 spiro atoms. The fourth-order valence-corrected chi connectivity index (χ4v) is 3.83. The van der Waals surface area contributed by atoms with Crippen LogP contribution in [0.15, 0.2) is 30.3 Å². The number of hydrogen-bond donors (Lipinski definition) is 2. The van der Waals surface area contributed by atoms with Gasteiger partial charge in [-0.2, -0.15) is 0 Å². The summed E-state index contributed by atoms with van der Waals surface area (Å²) in [7, 11) is 1.53. The second-order valence-electron chi connectivity index (χ2n) is 7.76. The first-order valence-electron chi connectivity index (χ1n) is 10.8. The van der Waals surface area contributed by atoms with Crippen molar-refractivity contribution in [2.45, 2.75) is 39.2 Å². The monoisotopic (exact) mass is 437 g/mol. The van der Waals surface area contributed by atoms with Crippen molar-refractivity contribution in [3.8, 4) is 0 Å². The number of benzene rings is 1. The number of nitrogens with one attached hydrogen (secondary N) is 2. The van der Waals surface area contributed by atoms with Crippen molar-refractivity contribution in [2.24, 2.45) is 0 Å². The van der Waals surface area contributed by atoms with E-state index < -0.39 is 6.09 Å². The van der Waals surface area contributed by atoms with E-state index in [0.717, 1.165) is 43.0 Å². The van der Waals surface area contributed by atoms with Crippen molar-refractivity contribution in [3.05, 3.63) is 47.4 Å². The Balaban J connectivity index is 1.54. The van der Waals surface area contributed by atoms with Crippen molar-refractivity contribution in [1.29, 1.82) is 0 Å². The van der Waals surface area contributed by atoms with Gasteiger partial charge in [0.15, 0.2) is 5.65 Å². The molecule has 0 aliphatic carbocycles. The van der Waals surface area contributed by atoms with Gasteiger partial charge in [0, 0.05) is 37.1 Å². The minimum atomic E-state index is -0.587. The van der Waals surface area contributed by atoms with Crippen LogP contribution in [-0.2, 0) is 22.4 Å². The number of imidazole rings is 1. The molecule has 2 amide bonds. The predicted molar refractivity (Wildman–Crippen MR) is 121 cm³/mol. The fraction of sp³-hybridized carbons (Fsp3) is 0.391. The van der Waals surface area contributed by atoms with Crippen LogP contribution in [0.5, 0.6) is 0 Å². The predicted octanol–water partition coefficient (Wildman–Crippen LogP) is 3.91. The largest absolute Gasteiger partial charge is 0.447 e. The normalized spacial score (nSPS) is 13.3. The molecule has 0 fully saturated rings. The third kappa shape index (κ3) is 4.88. The minimum Gasteiger partial charge on any atom is -0.447 e. The number of aromatic nitrogens is 3. The number of fused-ring (bicyclic) bond motifs is 3. The van der Waals surface area contributed by atoms with Crippen LogP contribution in [0, 0.1) is 6.92 Å². The van der Waals surface area contributed by atoms with Crippen LogP contribution in [0.1, 0.15) is 41.1 Å². The van der Waals surface area contributed by atoms with Gasteiger partial charge in [0.05, 0.1) is 12.2 Å². The average molecular weight is 438 g/mol. The highest BCUT2D eigenvalue weighted by Crippen LogP contribution is 2.25. The Hall–Kier alpha value is -3.46. The molecule has 9 heteroatoms. The van der Waals surface area contributed by atoms with Gasteiger partial charge in [-0.05, 0) is 44.0 Å². The zero-order valence-electron chi connectivity index (χ0n) is 18.3. The summed E-state index contributed by atoms with van der Waals surface area (Å²) in [5, 5.41) is 5.55. The quantitative estimate of drug-likeness (QED) is 0.566. The van der Waals surface area contributed by atoms with Crippen LogP contribution in [-0.4, -0.2) is 46.9 Å². The first kappa shape index (κ1) is 21.8. The Kier molecular flexibility index (Phi) is 6.65. The van der Waals surface area contributed by atoms with Crippen molar-refractivity contribution in [1.82, 2.24) is 14.5 Å². The highest BCUT2D eigenvalue weighted by atomic mass is 16.6. The summed E-state index contributed by atoms with van der Waals surface area (Å²) in [5.41, 5.74) is 3.71. The Morgan fingerprint density at radius 2 is 1.88 bits per heavy atom. The van der Waals surface area contributed by atoms with Gasteiger partial charge in [-0.1, -0.05) is 12.5 Å². The van der Waals surface area contributed by atoms with E-state index in [1.165, 1.54) is 13.5 Å². The summed E-state index contributed by atoms with van der Waals surface area (Å²) in [5.74, 6) is 0.719. The lowest BCUT2D eigenvalue weighted by molar-refractivity contribution is 0.102. The summed E-state index contributed by atoms with van der Waals surface area (Å²) in [4.78, 5) is 34.4. The van der Waals surface area contributed by atoms with Gasteiger partial charge < -0.3 is 19.4 Å². The van der Waals surface area contributed by atoms with Crippen LogP contribution >= 0.6 is 0 Å². The van der Waals surface area contributed by atoms with Crippen molar-refractivity contribution >= 4 is 34.5 Å². The number of rotatable bonds is 6. The Labute approximate surface area is 186 Å². The van der Waals surface area contributed by atoms with Crippen LogP contribution in [0.3, 0.4) is 0 Å². The van der Waals surface area contributed by atoms with Crippen LogP contribution in [0.2, 0.25) is 0 Å². The molecule has 32 heavy (non-hydrogen) atoms. The van der Waals surface area contributed by atoms with Gasteiger partial charge in [-0.3, -0.25) is 10.1 Å². The second kappa shape index (κ2) is 9.78. The number of anilines is 2. The Morgan fingerprint density at radius 3 is 2.69 bits per heavy atom. The lowest BCUT2D eigenvalue weighted by atomic mass is 10.1. The van der Waals surface area contributed by atoms with E-state index in [4.69, 9.17) is 14.5 Å². The zero-order valence-corrected chi connectivity index (χ0v) is 18.3. The number of pyridine rings is 1. The third-order valence-electron chi connectivity index (χ3n) is 5.32. The summed E-state index contributed by atoms with van der Waals surface area (Å²) >= 11 is 0. The maximum atomic E-state index is 13.2. The molecule has 0 unspecified atom stereocenters. The van der Waals surface area contributed by atoms with E-state index in [2.05, 4.69) is 20.2 Å². The van der Waals surface area contributed by atoms with Crippen LogP contribution in [0.4, 0.5) is 16.2 Å². The highest BCUT2D eigenvalue weighted by molar-refractivity contribution is 6.11. The maximum Gasteiger partial charge on any atom is 0.411 e. The van der Waals surface area contributed by atoms with Gasteiger partial charge in [0.25, 0.3) is 5.91 Å². The molecule has 1 aliphatic rings. The molecule has 0 saturated heterocycles. The molecule has 1 aromatic carbocycles. The van der Waals surface area contributed by atoms with E-state index in [9.17, 15) is 9.59 Å². The van der Waals surface area contributed by atoms with E-state index in [-0.39, 0.29) is 12.5 Å². The zero-order chi connectivity index (χ0) is 22.5. The van der Waals surface area contributed by atoms with Crippen molar-refractivity contribution in [3.63, 3.8) is 0 Å². The molecule has 3 aromatic rings. The van der Waals surface area contributed by atoms with Gasteiger partial charge in [0.1, 0.15) is 17.9 Å². The molecule has 0 bridgehead atoms. The average Bonchev–Trinajstić information content (AvgIpc) is 2.94. The molecule has 0 atom stereocenters. The molecule has 0 saturated carbocycles. The van der Waals surface area contributed by atoms with E-state index >= 15 is 0 Å². The summed E-state index contributed by atoms with van der Waals surface area (Å²) in [6.45, 7) is 3.23. The lowest BCUT2D eigenvalue weighted by Crippen LogP contribution is -2.17. The number of aryl methyl sites for hydroxylation is 3. The summed E-state index contributed by atoms with van der Waals surface area (Å²) in [6, 6.07) is 8.65. The maximum absolute atomic E-state index is 13.2. The number of carbonyl (C=O) groups is 2. The smallest absolute Gasteiger partial charge is 0.411 e. The lowest BCUT2D eigenvalue weighted by Gasteiger charge is -2.10. The van der Waals surface area contributed by atoms with Crippen molar-refractivity contribution in [2.75, 3.05) is 31.0 Å². The first-order chi connectivity index (χ1) is 15.5.